The van der Waals surface area contributed by atoms with Crippen LogP contribution in [-0.2, 0) is 20.7 Å². The fourth-order valence-electron chi connectivity index (χ4n) is 3.46. The van der Waals surface area contributed by atoms with Crippen LogP contribution in [0.4, 0.5) is 14.5 Å². The lowest BCUT2D eigenvalue weighted by molar-refractivity contribution is -0.125. The van der Waals surface area contributed by atoms with Gasteiger partial charge in [0.25, 0.3) is 5.91 Å². The zero-order valence-electron chi connectivity index (χ0n) is 19.8. The first-order valence-corrected chi connectivity index (χ1v) is 11.2. The van der Waals surface area contributed by atoms with Gasteiger partial charge in [-0.3, -0.25) is 9.59 Å². The van der Waals surface area contributed by atoms with Gasteiger partial charge in [0.1, 0.15) is 17.4 Å². The summed E-state index contributed by atoms with van der Waals surface area (Å²) in [6.45, 7) is 0.901. The molecule has 2 N–H and O–H groups in total. The van der Waals surface area contributed by atoms with Crippen molar-refractivity contribution in [1.29, 1.82) is 0 Å². The van der Waals surface area contributed by atoms with Gasteiger partial charge >= 0.3 is 5.97 Å². The summed E-state index contributed by atoms with van der Waals surface area (Å²) >= 11 is 0. The fourth-order valence-corrected chi connectivity index (χ4v) is 3.46. The third kappa shape index (κ3) is 7.36. The summed E-state index contributed by atoms with van der Waals surface area (Å²) in [7, 11) is 1.58. The number of para-hydroxylation sites is 1. The number of esters is 1. The number of carbonyl (C=O) groups excluding carboxylic acids is 3. The molecule has 188 valence electrons. The van der Waals surface area contributed by atoms with Gasteiger partial charge in [-0.1, -0.05) is 30.3 Å². The molecule has 0 aliphatic rings. The number of hydrogen-bond donors (Lipinski definition) is 2. The molecule has 7 nitrogen and oxygen atoms in total. The fraction of sp³-hybridized carbons (Fsp3) is 0.222. The number of aryl methyl sites for hydroxylation is 1. The Kier molecular flexibility index (Phi) is 9.10. The molecule has 2 amide bonds. The van der Waals surface area contributed by atoms with Crippen LogP contribution < -0.4 is 15.4 Å². The van der Waals surface area contributed by atoms with E-state index in [-0.39, 0.29) is 29.1 Å². The van der Waals surface area contributed by atoms with Crippen LogP contribution in [0.25, 0.3) is 0 Å². The van der Waals surface area contributed by atoms with Crippen molar-refractivity contribution in [2.24, 2.45) is 0 Å². The third-order valence-corrected chi connectivity index (χ3v) is 5.36. The van der Waals surface area contributed by atoms with Crippen LogP contribution in [0, 0.1) is 11.6 Å². The van der Waals surface area contributed by atoms with Gasteiger partial charge in [0.2, 0.25) is 5.91 Å². The number of halogens is 2. The summed E-state index contributed by atoms with van der Waals surface area (Å²) in [6, 6.07) is 15.9. The summed E-state index contributed by atoms with van der Waals surface area (Å²) < 4.78 is 37.2. The molecule has 0 aliphatic heterocycles. The third-order valence-electron chi connectivity index (χ3n) is 5.36. The molecule has 3 aromatic carbocycles. The maximum atomic E-state index is 13.9. The molecule has 0 heterocycles. The highest BCUT2D eigenvalue weighted by molar-refractivity contribution is 6.01. The van der Waals surface area contributed by atoms with E-state index in [0.29, 0.717) is 6.42 Å². The highest BCUT2D eigenvalue weighted by Gasteiger charge is 2.18. The molecule has 9 heteroatoms. The number of nitrogens with one attached hydrogen (secondary N) is 2. The monoisotopic (exact) mass is 496 g/mol. The lowest BCUT2D eigenvalue weighted by atomic mass is 10.1. The molecule has 1 unspecified atom stereocenters. The summed E-state index contributed by atoms with van der Waals surface area (Å²) in [4.78, 5) is 37.2. The van der Waals surface area contributed by atoms with E-state index in [4.69, 9.17) is 9.47 Å². The van der Waals surface area contributed by atoms with Crippen molar-refractivity contribution >= 4 is 23.5 Å². The van der Waals surface area contributed by atoms with E-state index < -0.39 is 36.2 Å². The molecular weight excluding hydrogens is 470 g/mol. The Morgan fingerprint density at radius 1 is 0.944 bits per heavy atom. The van der Waals surface area contributed by atoms with Crippen molar-refractivity contribution in [3.8, 4) is 5.75 Å². The Morgan fingerprint density at radius 3 is 2.36 bits per heavy atom. The Labute approximate surface area is 207 Å². The van der Waals surface area contributed by atoms with Crippen molar-refractivity contribution in [1.82, 2.24) is 5.32 Å². The van der Waals surface area contributed by atoms with Crippen LogP contribution in [0.15, 0.2) is 66.7 Å². The quantitative estimate of drug-likeness (QED) is 0.401. The second-order valence-corrected chi connectivity index (χ2v) is 7.97. The number of ether oxygens (including phenoxy) is 2. The molecule has 0 spiro atoms. The maximum Gasteiger partial charge on any atom is 0.340 e. The van der Waals surface area contributed by atoms with Crippen LogP contribution in [0.5, 0.6) is 5.75 Å². The minimum atomic E-state index is -0.808. The molecule has 36 heavy (non-hydrogen) atoms. The summed E-state index contributed by atoms with van der Waals surface area (Å²) in [6.07, 6.45) is 0.686. The molecule has 3 rings (SSSR count). The lowest BCUT2D eigenvalue weighted by Crippen LogP contribution is -2.31. The first-order valence-electron chi connectivity index (χ1n) is 11.2. The van der Waals surface area contributed by atoms with Gasteiger partial charge in [0.15, 0.2) is 6.61 Å². The number of anilines is 1. The highest BCUT2D eigenvalue weighted by Crippen LogP contribution is 2.19. The predicted molar refractivity (Wildman–Crippen MR) is 130 cm³/mol. The van der Waals surface area contributed by atoms with Crippen molar-refractivity contribution in [2.75, 3.05) is 19.0 Å². The van der Waals surface area contributed by atoms with Crippen LogP contribution in [0.1, 0.15) is 40.9 Å². The minimum Gasteiger partial charge on any atom is -0.497 e. The van der Waals surface area contributed by atoms with Gasteiger partial charge in [0, 0.05) is 18.1 Å². The number of rotatable bonds is 10. The Hall–Kier alpha value is -4.27. The number of amides is 2. The van der Waals surface area contributed by atoms with Crippen molar-refractivity contribution < 1.29 is 32.6 Å². The van der Waals surface area contributed by atoms with E-state index in [1.54, 1.807) is 25.3 Å². The van der Waals surface area contributed by atoms with E-state index in [9.17, 15) is 23.2 Å². The smallest absolute Gasteiger partial charge is 0.340 e. The Bertz CT molecular complexity index is 1230. The zero-order chi connectivity index (χ0) is 26.1. The van der Waals surface area contributed by atoms with Crippen molar-refractivity contribution in [3.63, 3.8) is 0 Å². The first kappa shape index (κ1) is 26.3. The van der Waals surface area contributed by atoms with Crippen molar-refractivity contribution in [2.45, 2.75) is 25.8 Å². The van der Waals surface area contributed by atoms with Crippen molar-refractivity contribution in [3.05, 3.63) is 95.1 Å². The van der Waals surface area contributed by atoms with Crippen LogP contribution in [0.2, 0.25) is 0 Å². The van der Waals surface area contributed by atoms with Gasteiger partial charge in [-0.15, -0.1) is 0 Å². The molecule has 0 fully saturated rings. The number of hydrogen-bond acceptors (Lipinski definition) is 5. The summed E-state index contributed by atoms with van der Waals surface area (Å²) in [5.74, 6) is -2.57. The second-order valence-electron chi connectivity index (χ2n) is 7.97. The van der Waals surface area contributed by atoms with Gasteiger partial charge in [-0.05, 0) is 49.2 Å². The summed E-state index contributed by atoms with van der Waals surface area (Å²) in [5, 5.41) is 5.19. The predicted octanol–water partition coefficient (Wildman–Crippen LogP) is 4.58. The second kappa shape index (κ2) is 12.4. The molecule has 0 saturated heterocycles. The molecular formula is C27H26F2N2O5. The van der Waals surface area contributed by atoms with Gasteiger partial charge in [-0.2, -0.15) is 0 Å². The number of methoxy groups -OCH3 is 1. The Balaban J connectivity index is 1.52. The normalized spacial score (nSPS) is 11.3. The molecule has 1 atom stereocenters. The van der Waals surface area contributed by atoms with E-state index >= 15 is 0 Å². The van der Waals surface area contributed by atoms with E-state index in [1.165, 1.54) is 19.1 Å². The number of carbonyl (C=O) groups is 3. The average molecular weight is 497 g/mol. The topological polar surface area (TPSA) is 93.7 Å². The van der Waals surface area contributed by atoms with Gasteiger partial charge in [-0.25, -0.2) is 13.6 Å². The Morgan fingerprint density at radius 2 is 1.67 bits per heavy atom. The molecule has 0 aromatic heterocycles. The summed E-state index contributed by atoms with van der Waals surface area (Å²) in [5.41, 5.74) is 1.39. The average Bonchev–Trinajstić information content (AvgIpc) is 2.86. The highest BCUT2D eigenvalue weighted by atomic mass is 19.1. The SMILES string of the molecule is COc1ccc(CCC(=O)Nc2ccccc2C(=O)OCC(=O)NC(C)c2ccc(F)cc2F)cc1. The molecule has 0 bridgehead atoms. The van der Waals surface area contributed by atoms with E-state index in [2.05, 4.69) is 10.6 Å². The van der Waals surface area contributed by atoms with Gasteiger partial charge in [0.05, 0.1) is 24.4 Å². The van der Waals surface area contributed by atoms with Crippen LogP contribution in [-0.4, -0.2) is 31.5 Å². The minimum absolute atomic E-state index is 0.0840. The lowest BCUT2D eigenvalue weighted by Gasteiger charge is -2.15. The zero-order valence-corrected chi connectivity index (χ0v) is 19.8. The number of benzene rings is 3. The van der Waals surface area contributed by atoms with E-state index in [0.717, 1.165) is 23.4 Å². The standard InChI is InChI=1S/C27H26F2N2O5/c1-17(21-13-10-19(28)15-23(21)29)30-26(33)16-36-27(34)22-5-3-4-6-24(22)31-25(32)14-9-18-7-11-20(35-2)12-8-18/h3-8,10-13,15,17H,9,14,16H2,1-2H3,(H,30,33)(H,31,32). The largest absolute Gasteiger partial charge is 0.497 e. The van der Waals surface area contributed by atoms with E-state index in [1.807, 2.05) is 24.3 Å². The first-order chi connectivity index (χ1) is 17.3. The van der Waals surface area contributed by atoms with Crippen LogP contribution in [0.3, 0.4) is 0 Å². The molecule has 0 aliphatic carbocycles. The van der Waals surface area contributed by atoms with Crippen LogP contribution >= 0.6 is 0 Å². The molecule has 3 aromatic rings. The maximum absolute atomic E-state index is 13.9. The molecule has 0 saturated carbocycles. The van der Waals surface area contributed by atoms with Gasteiger partial charge < -0.3 is 20.1 Å². The molecule has 0 radical (unpaired) electrons.